The van der Waals surface area contributed by atoms with Gasteiger partial charge in [0.15, 0.2) is 0 Å². The number of hydrogen-bond donors (Lipinski definition) is 2. The predicted molar refractivity (Wildman–Crippen MR) is 80.4 cm³/mol. The first-order valence-electron chi connectivity index (χ1n) is 7.36. The van der Waals surface area contributed by atoms with Crippen molar-refractivity contribution in [3.63, 3.8) is 0 Å². The molecule has 2 rings (SSSR count). The fourth-order valence-corrected chi connectivity index (χ4v) is 3.48. The van der Waals surface area contributed by atoms with Gasteiger partial charge >= 0.3 is 0 Å². The lowest BCUT2D eigenvalue weighted by Crippen LogP contribution is -2.32. The molecule has 0 amide bonds. The molecule has 0 aromatic heterocycles. The fourth-order valence-electron chi connectivity index (χ4n) is 3.21. The van der Waals surface area contributed by atoms with Crippen LogP contribution in [0.3, 0.4) is 0 Å². The number of aliphatic hydroxyl groups excluding tert-OH is 1. The third kappa shape index (κ3) is 3.71. The molecule has 1 aromatic rings. The second-order valence-electron chi connectivity index (χ2n) is 5.61. The molecule has 0 spiro atoms. The summed E-state index contributed by atoms with van der Waals surface area (Å²) in [4.78, 5) is 0. The van der Waals surface area contributed by atoms with E-state index in [0.29, 0.717) is 17.5 Å². The predicted octanol–water partition coefficient (Wildman–Crippen LogP) is 3.71. The Hall–Kier alpha value is -0.570. The summed E-state index contributed by atoms with van der Waals surface area (Å²) in [7, 11) is 0. The fraction of sp³-hybridized carbons (Fsp3) is 0.625. The van der Waals surface area contributed by atoms with Crippen molar-refractivity contribution in [3.8, 4) is 0 Å². The van der Waals surface area contributed by atoms with Crippen LogP contribution in [0.5, 0.6) is 0 Å². The standard InChI is InChI=1S/C16H24ClNO/c17-15-10-6-5-9-13(15)14(11-18)16(19)12-7-3-1-2-4-8-12/h5-6,9-10,12,14,16,19H,1-4,7-8,11,18H2. The molecular weight excluding hydrogens is 258 g/mol. The molecule has 0 radical (unpaired) electrons. The molecule has 0 aliphatic heterocycles. The molecule has 106 valence electrons. The van der Waals surface area contributed by atoms with Gasteiger partial charge in [-0.25, -0.2) is 0 Å². The van der Waals surface area contributed by atoms with Gasteiger partial charge in [0, 0.05) is 17.5 Å². The summed E-state index contributed by atoms with van der Waals surface area (Å²) < 4.78 is 0. The smallest absolute Gasteiger partial charge is 0.0649 e. The van der Waals surface area contributed by atoms with Crippen molar-refractivity contribution in [2.45, 2.75) is 50.5 Å². The Morgan fingerprint density at radius 3 is 2.37 bits per heavy atom. The Bertz CT molecular complexity index is 388. The molecule has 1 aliphatic rings. The minimum atomic E-state index is -0.372. The molecule has 2 unspecified atom stereocenters. The first kappa shape index (κ1) is 14.8. The van der Waals surface area contributed by atoms with Gasteiger partial charge in [0.2, 0.25) is 0 Å². The summed E-state index contributed by atoms with van der Waals surface area (Å²) in [6.07, 6.45) is 6.89. The van der Waals surface area contributed by atoms with Gasteiger partial charge in [0.25, 0.3) is 0 Å². The maximum absolute atomic E-state index is 10.7. The highest BCUT2D eigenvalue weighted by molar-refractivity contribution is 6.31. The highest BCUT2D eigenvalue weighted by Crippen LogP contribution is 2.34. The van der Waals surface area contributed by atoms with Crippen LogP contribution in [-0.2, 0) is 0 Å². The summed E-state index contributed by atoms with van der Waals surface area (Å²) in [5.41, 5.74) is 6.89. The van der Waals surface area contributed by atoms with E-state index in [1.807, 2.05) is 24.3 Å². The van der Waals surface area contributed by atoms with Gasteiger partial charge in [-0.3, -0.25) is 0 Å². The maximum atomic E-state index is 10.7. The summed E-state index contributed by atoms with van der Waals surface area (Å²) in [5, 5.41) is 11.4. The molecule has 1 fully saturated rings. The lowest BCUT2D eigenvalue weighted by Gasteiger charge is -2.29. The normalized spacial score (nSPS) is 20.8. The average Bonchev–Trinajstić information content (AvgIpc) is 2.70. The summed E-state index contributed by atoms with van der Waals surface area (Å²) in [6, 6.07) is 7.74. The van der Waals surface area contributed by atoms with Crippen molar-refractivity contribution in [2.24, 2.45) is 11.7 Å². The molecule has 1 saturated carbocycles. The quantitative estimate of drug-likeness (QED) is 0.827. The first-order chi connectivity index (χ1) is 9.24. The molecule has 1 aliphatic carbocycles. The van der Waals surface area contributed by atoms with Crippen molar-refractivity contribution in [1.29, 1.82) is 0 Å². The molecule has 1 aromatic carbocycles. The van der Waals surface area contributed by atoms with Gasteiger partial charge in [-0.15, -0.1) is 0 Å². The molecular formula is C16H24ClNO. The van der Waals surface area contributed by atoms with Crippen LogP contribution in [0, 0.1) is 5.92 Å². The van der Waals surface area contributed by atoms with Crippen LogP contribution in [0.4, 0.5) is 0 Å². The Morgan fingerprint density at radius 2 is 1.79 bits per heavy atom. The van der Waals surface area contributed by atoms with Crippen molar-refractivity contribution < 1.29 is 5.11 Å². The molecule has 3 heteroatoms. The van der Waals surface area contributed by atoms with Gasteiger partial charge in [-0.1, -0.05) is 55.5 Å². The van der Waals surface area contributed by atoms with E-state index in [4.69, 9.17) is 17.3 Å². The van der Waals surface area contributed by atoms with Crippen LogP contribution in [0.25, 0.3) is 0 Å². The minimum Gasteiger partial charge on any atom is -0.392 e. The molecule has 19 heavy (non-hydrogen) atoms. The van der Waals surface area contributed by atoms with Crippen molar-refractivity contribution in [3.05, 3.63) is 34.9 Å². The third-order valence-electron chi connectivity index (χ3n) is 4.35. The van der Waals surface area contributed by atoms with E-state index in [1.165, 1.54) is 25.7 Å². The topological polar surface area (TPSA) is 46.2 Å². The van der Waals surface area contributed by atoms with Crippen LogP contribution in [0.2, 0.25) is 5.02 Å². The Kier molecular flexibility index (Phi) is 5.68. The van der Waals surface area contributed by atoms with E-state index in [9.17, 15) is 5.11 Å². The molecule has 2 nitrogen and oxygen atoms in total. The first-order valence-corrected chi connectivity index (χ1v) is 7.74. The van der Waals surface area contributed by atoms with Gasteiger partial charge in [0.1, 0.15) is 0 Å². The van der Waals surface area contributed by atoms with Crippen LogP contribution < -0.4 is 5.73 Å². The number of benzene rings is 1. The average molecular weight is 282 g/mol. The molecule has 3 N–H and O–H groups in total. The third-order valence-corrected chi connectivity index (χ3v) is 4.70. The molecule has 2 atom stereocenters. The second kappa shape index (κ2) is 7.28. The second-order valence-corrected chi connectivity index (χ2v) is 6.01. The van der Waals surface area contributed by atoms with E-state index in [2.05, 4.69) is 0 Å². The molecule has 0 bridgehead atoms. The van der Waals surface area contributed by atoms with Crippen LogP contribution in [0.15, 0.2) is 24.3 Å². The number of hydrogen-bond acceptors (Lipinski definition) is 2. The number of aliphatic hydroxyl groups is 1. The van der Waals surface area contributed by atoms with Gasteiger partial charge < -0.3 is 10.8 Å². The zero-order valence-corrected chi connectivity index (χ0v) is 12.1. The summed E-state index contributed by atoms with van der Waals surface area (Å²) in [5.74, 6) is 0.323. The Balaban J connectivity index is 2.14. The highest BCUT2D eigenvalue weighted by Gasteiger charge is 2.29. The van der Waals surface area contributed by atoms with Crippen molar-refractivity contribution in [2.75, 3.05) is 6.54 Å². The zero-order valence-electron chi connectivity index (χ0n) is 11.4. The van der Waals surface area contributed by atoms with E-state index in [1.54, 1.807) is 0 Å². The minimum absolute atomic E-state index is 0.0446. The SMILES string of the molecule is NCC(c1ccccc1Cl)C(O)C1CCCCCC1. The maximum Gasteiger partial charge on any atom is 0.0649 e. The summed E-state index contributed by atoms with van der Waals surface area (Å²) in [6.45, 7) is 0.446. The Labute approximate surface area is 121 Å². The van der Waals surface area contributed by atoms with Gasteiger partial charge in [-0.05, 0) is 30.4 Å². The van der Waals surface area contributed by atoms with Crippen LogP contribution in [-0.4, -0.2) is 17.8 Å². The van der Waals surface area contributed by atoms with E-state index in [-0.39, 0.29) is 12.0 Å². The lowest BCUT2D eigenvalue weighted by atomic mass is 9.82. The van der Waals surface area contributed by atoms with Crippen molar-refractivity contribution in [1.82, 2.24) is 0 Å². The monoisotopic (exact) mass is 281 g/mol. The Morgan fingerprint density at radius 1 is 1.16 bits per heavy atom. The van der Waals surface area contributed by atoms with Gasteiger partial charge in [0.05, 0.1) is 6.10 Å². The van der Waals surface area contributed by atoms with E-state index >= 15 is 0 Å². The largest absolute Gasteiger partial charge is 0.392 e. The molecule has 0 saturated heterocycles. The van der Waals surface area contributed by atoms with E-state index < -0.39 is 0 Å². The number of nitrogens with two attached hydrogens (primary N) is 1. The van der Waals surface area contributed by atoms with Gasteiger partial charge in [-0.2, -0.15) is 0 Å². The van der Waals surface area contributed by atoms with Crippen molar-refractivity contribution >= 4 is 11.6 Å². The van der Waals surface area contributed by atoms with E-state index in [0.717, 1.165) is 18.4 Å². The number of rotatable bonds is 4. The number of halogens is 1. The lowest BCUT2D eigenvalue weighted by molar-refractivity contribution is 0.0742. The van der Waals surface area contributed by atoms with Crippen LogP contribution in [0.1, 0.15) is 50.0 Å². The highest BCUT2D eigenvalue weighted by atomic mass is 35.5. The van der Waals surface area contributed by atoms with Crippen LogP contribution >= 0.6 is 11.6 Å². The molecule has 0 heterocycles. The summed E-state index contributed by atoms with van der Waals surface area (Å²) >= 11 is 6.25. The zero-order chi connectivity index (χ0) is 13.7.